The number of anilines is 2. The van der Waals surface area contributed by atoms with Gasteiger partial charge in [0.1, 0.15) is 5.82 Å². The molecule has 1 aromatic rings. The zero-order chi connectivity index (χ0) is 13.1. The molecule has 0 spiro atoms. The van der Waals surface area contributed by atoms with Crippen LogP contribution in [0.2, 0.25) is 0 Å². The summed E-state index contributed by atoms with van der Waals surface area (Å²) in [6.07, 6.45) is 1.98. The summed E-state index contributed by atoms with van der Waals surface area (Å²) in [4.78, 5) is 13.6. The molecule has 5 nitrogen and oxygen atoms in total. The minimum Gasteiger partial charge on any atom is -0.383 e. The highest BCUT2D eigenvalue weighted by Gasteiger charge is 2.18. The molecule has 18 heavy (non-hydrogen) atoms. The number of hydrogen-bond donors (Lipinski definition) is 1. The van der Waals surface area contributed by atoms with Crippen molar-refractivity contribution < 1.29 is 0 Å². The second kappa shape index (κ2) is 5.84. The van der Waals surface area contributed by atoms with E-state index in [1.807, 2.05) is 0 Å². The van der Waals surface area contributed by atoms with Crippen LogP contribution in [0.5, 0.6) is 0 Å². The van der Waals surface area contributed by atoms with Crippen molar-refractivity contribution in [1.82, 2.24) is 14.9 Å². The fourth-order valence-electron chi connectivity index (χ4n) is 2.05. The van der Waals surface area contributed by atoms with E-state index in [1.54, 1.807) is 0 Å². The molecule has 0 radical (unpaired) electrons. The molecule has 1 fully saturated rings. The van der Waals surface area contributed by atoms with Gasteiger partial charge in [0.15, 0.2) is 0 Å². The summed E-state index contributed by atoms with van der Waals surface area (Å²) in [5.41, 5.74) is 6.96. The molecule has 100 valence electrons. The molecule has 0 saturated carbocycles. The van der Waals surface area contributed by atoms with Gasteiger partial charge in [-0.2, -0.15) is 4.98 Å². The highest BCUT2D eigenvalue weighted by atomic mass is 79.9. The van der Waals surface area contributed by atoms with Crippen LogP contribution in [-0.2, 0) is 6.42 Å². The number of halogens is 1. The Morgan fingerprint density at radius 3 is 2.50 bits per heavy atom. The topological polar surface area (TPSA) is 58.3 Å². The number of likely N-dealkylation sites (N-methyl/N-ethyl adjacent to an activating group) is 1. The first-order valence-corrected chi connectivity index (χ1v) is 7.16. The molecule has 6 heteroatoms. The van der Waals surface area contributed by atoms with Crippen LogP contribution in [-0.4, -0.2) is 48.1 Å². The van der Waals surface area contributed by atoms with Gasteiger partial charge in [-0.1, -0.05) is 13.3 Å². The van der Waals surface area contributed by atoms with Gasteiger partial charge in [-0.15, -0.1) is 0 Å². The lowest BCUT2D eigenvalue weighted by atomic mass is 10.2. The summed E-state index contributed by atoms with van der Waals surface area (Å²) in [6.45, 7) is 6.15. The van der Waals surface area contributed by atoms with Crippen LogP contribution in [0.3, 0.4) is 0 Å². The van der Waals surface area contributed by atoms with Gasteiger partial charge in [-0.05, 0) is 29.4 Å². The van der Waals surface area contributed by atoms with Crippen LogP contribution < -0.4 is 10.6 Å². The largest absolute Gasteiger partial charge is 0.383 e. The van der Waals surface area contributed by atoms with E-state index in [0.29, 0.717) is 5.82 Å². The van der Waals surface area contributed by atoms with Gasteiger partial charge in [0, 0.05) is 26.2 Å². The van der Waals surface area contributed by atoms with E-state index in [2.05, 4.69) is 49.7 Å². The predicted octanol–water partition coefficient (Wildman–Crippen LogP) is 1.53. The van der Waals surface area contributed by atoms with Crippen LogP contribution in [0, 0.1) is 0 Å². The maximum Gasteiger partial charge on any atom is 0.227 e. The third-order valence-electron chi connectivity index (χ3n) is 3.21. The smallest absolute Gasteiger partial charge is 0.227 e. The Balaban J connectivity index is 2.22. The fourth-order valence-corrected chi connectivity index (χ4v) is 2.43. The summed E-state index contributed by atoms with van der Waals surface area (Å²) in [5, 5.41) is 0. The van der Waals surface area contributed by atoms with E-state index in [4.69, 9.17) is 5.73 Å². The zero-order valence-electron chi connectivity index (χ0n) is 11.0. The maximum absolute atomic E-state index is 5.95. The molecular formula is C12H20BrN5. The number of piperazine rings is 1. The average Bonchev–Trinajstić information content (AvgIpc) is 2.36. The minimum atomic E-state index is 0.544. The molecular weight excluding hydrogens is 294 g/mol. The summed E-state index contributed by atoms with van der Waals surface area (Å²) >= 11 is 3.47. The van der Waals surface area contributed by atoms with Gasteiger partial charge in [0.25, 0.3) is 0 Å². The monoisotopic (exact) mass is 313 g/mol. The van der Waals surface area contributed by atoms with Gasteiger partial charge in [-0.3, -0.25) is 0 Å². The minimum absolute atomic E-state index is 0.544. The fraction of sp³-hybridized carbons (Fsp3) is 0.667. The molecule has 2 rings (SSSR count). The Morgan fingerprint density at radius 2 is 1.89 bits per heavy atom. The lowest BCUT2D eigenvalue weighted by Crippen LogP contribution is -2.45. The van der Waals surface area contributed by atoms with Crippen LogP contribution in [0.4, 0.5) is 11.8 Å². The Labute approximate surface area is 117 Å². The summed E-state index contributed by atoms with van der Waals surface area (Å²) in [6, 6.07) is 0. The van der Waals surface area contributed by atoms with Crippen molar-refractivity contribution in [1.29, 1.82) is 0 Å². The Hall–Kier alpha value is -0.880. The molecule has 1 aliphatic rings. The molecule has 0 aliphatic carbocycles. The van der Waals surface area contributed by atoms with Crippen molar-refractivity contribution in [2.24, 2.45) is 0 Å². The quantitative estimate of drug-likeness (QED) is 0.917. The Bertz CT molecular complexity index is 415. The third kappa shape index (κ3) is 2.92. The zero-order valence-corrected chi connectivity index (χ0v) is 12.6. The number of nitrogens with zero attached hydrogens (tertiary/aromatic N) is 4. The van der Waals surface area contributed by atoms with E-state index < -0.39 is 0 Å². The second-order valence-corrected chi connectivity index (χ2v) is 5.50. The Kier molecular flexibility index (Phi) is 4.40. The molecule has 2 heterocycles. The van der Waals surface area contributed by atoms with Gasteiger partial charge >= 0.3 is 0 Å². The maximum atomic E-state index is 5.95. The predicted molar refractivity (Wildman–Crippen MR) is 77.8 cm³/mol. The molecule has 0 bridgehead atoms. The summed E-state index contributed by atoms with van der Waals surface area (Å²) < 4.78 is 0.849. The first-order valence-electron chi connectivity index (χ1n) is 6.37. The van der Waals surface area contributed by atoms with E-state index in [0.717, 1.165) is 55.1 Å². The van der Waals surface area contributed by atoms with E-state index in [1.165, 1.54) is 0 Å². The second-order valence-electron chi connectivity index (χ2n) is 4.71. The number of nitrogen functional groups attached to an aromatic ring is 1. The van der Waals surface area contributed by atoms with E-state index in [9.17, 15) is 0 Å². The van der Waals surface area contributed by atoms with Crippen LogP contribution in [0.15, 0.2) is 4.47 Å². The van der Waals surface area contributed by atoms with Crippen molar-refractivity contribution in [3.8, 4) is 0 Å². The van der Waals surface area contributed by atoms with Crippen molar-refractivity contribution in [2.75, 3.05) is 43.9 Å². The molecule has 0 amide bonds. The standard InChI is InChI=1S/C12H20BrN5/c1-3-4-9-10(13)11(14)16-12(15-9)18-7-5-17(2)6-8-18/h3-8H2,1-2H3,(H2,14,15,16). The lowest BCUT2D eigenvalue weighted by molar-refractivity contribution is 0.311. The summed E-state index contributed by atoms with van der Waals surface area (Å²) in [5.74, 6) is 1.31. The van der Waals surface area contributed by atoms with Crippen molar-refractivity contribution in [3.63, 3.8) is 0 Å². The SMILES string of the molecule is CCCc1nc(N2CCN(C)CC2)nc(N)c1Br. The Morgan fingerprint density at radius 1 is 1.22 bits per heavy atom. The van der Waals surface area contributed by atoms with Crippen molar-refractivity contribution >= 4 is 27.7 Å². The number of aromatic nitrogens is 2. The van der Waals surface area contributed by atoms with Gasteiger partial charge in [0.2, 0.25) is 5.95 Å². The third-order valence-corrected chi connectivity index (χ3v) is 4.07. The highest BCUT2D eigenvalue weighted by Crippen LogP contribution is 2.25. The molecule has 1 aliphatic heterocycles. The molecule has 0 atom stereocenters. The van der Waals surface area contributed by atoms with Crippen molar-refractivity contribution in [3.05, 3.63) is 10.2 Å². The molecule has 1 aromatic heterocycles. The highest BCUT2D eigenvalue weighted by molar-refractivity contribution is 9.10. The van der Waals surface area contributed by atoms with Crippen LogP contribution in [0.25, 0.3) is 0 Å². The van der Waals surface area contributed by atoms with Gasteiger partial charge in [0.05, 0.1) is 10.2 Å². The molecule has 0 aromatic carbocycles. The molecule has 2 N–H and O–H groups in total. The van der Waals surface area contributed by atoms with Gasteiger partial charge in [-0.25, -0.2) is 4.98 Å². The number of aryl methyl sites for hydroxylation is 1. The first-order chi connectivity index (χ1) is 8.61. The summed E-state index contributed by atoms with van der Waals surface area (Å²) in [7, 11) is 2.14. The number of nitrogens with two attached hydrogens (primary N) is 1. The lowest BCUT2D eigenvalue weighted by Gasteiger charge is -2.32. The van der Waals surface area contributed by atoms with E-state index >= 15 is 0 Å². The van der Waals surface area contributed by atoms with Crippen LogP contribution in [0.1, 0.15) is 19.0 Å². The first kappa shape index (κ1) is 13.5. The molecule has 1 saturated heterocycles. The molecule has 0 unspecified atom stereocenters. The van der Waals surface area contributed by atoms with E-state index in [-0.39, 0.29) is 0 Å². The normalized spacial score (nSPS) is 17.2. The number of rotatable bonds is 3. The van der Waals surface area contributed by atoms with Crippen molar-refractivity contribution in [2.45, 2.75) is 19.8 Å². The number of hydrogen-bond acceptors (Lipinski definition) is 5. The van der Waals surface area contributed by atoms with Crippen LogP contribution >= 0.6 is 15.9 Å². The van der Waals surface area contributed by atoms with Gasteiger partial charge < -0.3 is 15.5 Å². The average molecular weight is 314 g/mol.